The van der Waals surface area contributed by atoms with Crippen molar-refractivity contribution in [2.75, 3.05) is 0 Å². The van der Waals surface area contributed by atoms with E-state index in [-0.39, 0.29) is 0 Å². The summed E-state index contributed by atoms with van der Waals surface area (Å²) in [5.74, 6) is 2.03. The van der Waals surface area contributed by atoms with Crippen LogP contribution in [0.4, 0.5) is 0 Å². The summed E-state index contributed by atoms with van der Waals surface area (Å²) in [6.45, 7) is 1.90. The van der Waals surface area contributed by atoms with Gasteiger partial charge in [-0.2, -0.15) is 0 Å². The Morgan fingerprint density at radius 2 is 1.09 bits per heavy atom. The molecule has 0 aliphatic heterocycles. The molecule has 0 bridgehead atoms. The quantitative estimate of drug-likeness (QED) is 0.281. The highest BCUT2D eigenvalue weighted by molar-refractivity contribution is 5.96. The van der Waals surface area contributed by atoms with Crippen molar-refractivity contribution in [3.8, 4) is 45.2 Å². The summed E-state index contributed by atoms with van der Waals surface area (Å²) in [6.07, 6.45) is 1.80. The fourth-order valence-corrected chi connectivity index (χ4v) is 4.34. The molecule has 2 aromatic heterocycles. The van der Waals surface area contributed by atoms with Gasteiger partial charge in [0.25, 0.3) is 0 Å². The molecule has 4 nitrogen and oxygen atoms in total. The van der Waals surface area contributed by atoms with E-state index in [2.05, 4.69) is 93.8 Å². The van der Waals surface area contributed by atoms with Crippen molar-refractivity contribution in [3.05, 3.63) is 121 Å². The zero-order valence-corrected chi connectivity index (χ0v) is 19.3. The van der Waals surface area contributed by atoms with Gasteiger partial charge in [0.05, 0.1) is 5.69 Å². The molecule has 0 saturated heterocycles. The molecule has 4 heteroatoms. The van der Waals surface area contributed by atoms with Crippen molar-refractivity contribution in [1.82, 2.24) is 19.9 Å². The van der Waals surface area contributed by atoms with Crippen molar-refractivity contribution in [2.45, 2.75) is 6.92 Å². The van der Waals surface area contributed by atoms with Crippen molar-refractivity contribution in [2.24, 2.45) is 0 Å². The Kier molecular flexibility index (Phi) is 5.32. The smallest absolute Gasteiger partial charge is 0.163 e. The monoisotopic (exact) mass is 450 g/mol. The molecule has 0 N–H and O–H groups in total. The van der Waals surface area contributed by atoms with Crippen LogP contribution in [0, 0.1) is 6.92 Å². The number of aryl methyl sites for hydroxylation is 1. The van der Waals surface area contributed by atoms with Crippen LogP contribution >= 0.6 is 0 Å². The highest BCUT2D eigenvalue weighted by atomic mass is 15.0. The third kappa shape index (κ3) is 4.18. The molecule has 0 amide bonds. The molecule has 0 aliphatic rings. The summed E-state index contributed by atoms with van der Waals surface area (Å²) < 4.78 is 0. The van der Waals surface area contributed by atoms with E-state index in [0.717, 1.165) is 22.4 Å². The van der Waals surface area contributed by atoms with Crippen molar-refractivity contribution >= 4 is 10.8 Å². The lowest BCUT2D eigenvalue weighted by Crippen LogP contribution is -1.99. The third-order valence-corrected chi connectivity index (χ3v) is 6.09. The van der Waals surface area contributed by atoms with Crippen LogP contribution in [0.1, 0.15) is 5.82 Å². The van der Waals surface area contributed by atoms with Gasteiger partial charge in [-0.3, -0.25) is 4.98 Å². The largest absolute Gasteiger partial charge is 0.256 e. The molecule has 0 saturated carbocycles. The number of aromatic nitrogens is 4. The highest BCUT2D eigenvalue weighted by Gasteiger charge is 2.10. The van der Waals surface area contributed by atoms with E-state index in [1.54, 1.807) is 6.20 Å². The van der Waals surface area contributed by atoms with E-state index in [1.165, 1.54) is 21.9 Å². The van der Waals surface area contributed by atoms with Gasteiger partial charge >= 0.3 is 0 Å². The second-order valence-electron chi connectivity index (χ2n) is 8.43. The number of hydrogen-bond acceptors (Lipinski definition) is 4. The number of benzene rings is 4. The summed E-state index contributed by atoms with van der Waals surface area (Å²) in [4.78, 5) is 18.4. The van der Waals surface area contributed by atoms with Crippen molar-refractivity contribution in [1.29, 1.82) is 0 Å². The normalized spacial score (nSPS) is 11.0. The molecule has 0 unspecified atom stereocenters. The van der Waals surface area contributed by atoms with E-state index in [9.17, 15) is 0 Å². The molecule has 0 fully saturated rings. The number of rotatable bonds is 4. The molecular formula is C31H22N4. The standard InChI is InChI=1S/C31H22N4/c1-21-33-30(35-31(34-21)26-18-14-24(15-19-26)29-11-4-5-20-32-29)25-16-12-23(13-17-25)28-10-6-8-22-7-2-3-9-27(22)28/h2-20H,1H3. The molecule has 0 aliphatic carbocycles. The van der Waals surface area contributed by atoms with Gasteiger partial charge in [-0.25, -0.2) is 15.0 Å². The molecule has 0 spiro atoms. The predicted octanol–water partition coefficient (Wildman–Crippen LogP) is 7.40. The number of pyridine rings is 1. The second-order valence-corrected chi connectivity index (χ2v) is 8.43. The summed E-state index contributed by atoms with van der Waals surface area (Å²) in [5, 5.41) is 2.48. The van der Waals surface area contributed by atoms with Gasteiger partial charge in [0.2, 0.25) is 0 Å². The molecule has 6 rings (SSSR count). The fourth-order valence-electron chi connectivity index (χ4n) is 4.34. The van der Waals surface area contributed by atoms with Crippen LogP contribution in [0.5, 0.6) is 0 Å². The first-order valence-corrected chi connectivity index (χ1v) is 11.6. The van der Waals surface area contributed by atoms with Crippen LogP contribution in [0.25, 0.3) is 55.9 Å². The summed E-state index contributed by atoms with van der Waals surface area (Å²) in [6, 6.07) is 37.4. The Hall–Kier alpha value is -4.70. The lowest BCUT2D eigenvalue weighted by Gasteiger charge is -2.09. The van der Waals surface area contributed by atoms with E-state index in [0.29, 0.717) is 17.5 Å². The van der Waals surface area contributed by atoms with Crippen LogP contribution in [-0.4, -0.2) is 19.9 Å². The lowest BCUT2D eigenvalue weighted by atomic mass is 9.97. The molecule has 35 heavy (non-hydrogen) atoms. The van der Waals surface area contributed by atoms with E-state index >= 15 is 0 Å². The summed E-state index contributed by atoms with van der Waals surface area (Å²) >= 11 is 0. The van der Waals surface area contributed by atoms with Crippen LogP contribution in [0.3, 0.4) is 0 Å². The number of fused-ring (bicyclic) bond motifs is 1. The predicted molar refractivity (Wildman–Crippen MR) is 142 cm³/mol. The van der Waals surface area contributed by atoms with E-state index in [4.69, 9.17) is 4.98 Å². The third-order valence-electron chi connectivity index (χ3n) is 6.09. The minimum atomic E-state index is 0.665. The molecule has 0 atom stereocenters. The SMILES string of the molecule is Cc1nc(-c2ccc(-c3ccccn3)cc2)nc(-c2ccc(-c3cccc4ccccc34)cc2)n1. The first kappa shape index (κ1) is 20.9. The lowest BCUT2D eigenvalue weighted by molar-refractivity contribution is 0.992. The zero-order valence-electron chi connectivity index (χ0n) is 19.3. The van der Waals surface area contributed by atoms with Crippen LogP contribution in [-0.2, 0) is 0 Å². The molecule has 6 aromatic rings. The Labute approximate surface area is 204 Å². The van der Waals surface area contributed by atoms with Crippen LogP contribution in [0.15, 0.2) is 115 Å². The van der Waals surface area contributed by atoms with Crippen LogP contribution < -0.4 is 0 Å². The van der Waals surface area contributed by atoms with Gasteiger partial charge in [-0.05, 0) is 41.0 Å². The molecule has 0 radical (unpaired) electrons. The molecular weight excluding hydrogens is 428 g/mol. The Morgan fingerprint density at radius 3 is 1.77 bits per heavy atom. The first-order chi connectivity index (χ1) is 17.2. The van der Waals surface area contributed by atoms with Crippen molar-refractivity contribution in [3.63, 3.8) is 0 Å². The fraction of sp³-hybridized carbons (Fsp3) is 0.0323. The average Bonchev–Trinajstić information content (AvgIpc) is 2.93. The maximum Gasteiger partial charge on any atom is 0.163 e. The van der Waals surface area contributed by atoms with Gasteiger partial charge < -0.3 is 0 Å². The summed E-state index contributed by atoms with van der Waals surface area (Å²) in [7, 11) is 0. The second kappa shape index (κ2) is 8.92. The van der Waals surface area contributed by atoms with E-state index in [1.807, 2.05) is 37.3 Å². The van der Waals surface area contributed by atoms with Gasteiger partial charge in [-0.15, -0.1) is 0 Å². The topological polar surface area (TPSA) is 51.6 Å². The number of nitrogens with zero attached hydrogens (tertiary/aromatic N) is 4. The Morgan fingerprint density at radius 1 is 0.486 bits per heavy atom. The first-order valence-electron chi connectivity index (χ1n) is 11.6. The van der Waals surface area contributed by atoms with Crippen molar-refractivity contribution < 1.29 is 0 Å². The Bertz CT molecular complexity index is 1620. The maximum atomic E-state index is 4.79. The molecule has 166 valence electrons. The van der Waals surface area contributed by atoms with Crippen LogP contribution in [0.2, 0.25) is 0 Å². The Balaban J connectivity index is 1.33. The van der Waals surface area contributed by atoms with Gasteiger partial charge in [0, 0.05) is 22.9 Å². The summed E-state index contributed by atoms with van der Waals surface area (Å²) in [5.41, 5.74) is 6.30. The minimum absolute atomic E-state index is 0.665. The zero-order chi connectivity index (χ0) is 23.6. The van der Waals surface area contributed by atoms with Gasteiger partial charge in [0.1, 0.15) is 5.82 Å². The highest BCUT2D eigenvalue weighted by Crippen LogP contribution is 2.30. The van der Waals surface area contributed by atoms with E-state index < -0.39 is 0 Å². The van der Waals surface area contributed by atoms with Gasteiger partial charge in [-0.1, -0.05) is 97.1 Å². The maximum absolute atomic E-state index is 4.79. The molecule has 2 heterocycles. The van der Waals surface area contributed by atoms with Gasteiger partial charge in [0.15, 0.2) is 11.6 Å². The molecule has 4 aromatic carbocycles. The number of hydrogen-bond donors (Lipinski definition) is 0. The minimum Gasteiger partial charge on any atom is -0.256 e. The average molecular weight is 451 g/mol.